The fourth-order valence-corrected chi connectivity index (χ4v) is 11.1. The summed E-state index contributed by atoms with van der Waals surface area (Å²) in [5, 5.41) is 22.7. The van der Waals surface area contributed by atoms with Crippen molar-refractivity contribution in [2.24, 2.45) is 5.92 Å². The number of fused-ring (bicyclic) bond motifs is 2. The SMILES string of the molecule is C=C(CCCC)C[C@@H](O)C=C[C@@H]1[C@H]2Oc3cccc(OCC(=O)O)c3O[C@H]2C[C@H]1O[Si](CCCC)(c1ccccc1)c1ccccc1. The summed E-state index contributed by atoms with van der Waals surface area (Å²) in [6.45, 7) is 8.07. The average Bonchev–Trinajstić information content (AvgIpc) is 3.42. The van der Waals surface area contributed by atoms with E-state index in [1.165, 1.54) is 10.4 Å². The number of aliphatic carboxylic acids is 1. The predicted octanol–water partition coefficient (Wildman–Crippen LogP) is 6.68. The topological polar surface area (TPSA) is 94.5 Å². The molecular formula is C39H48O7Si. The second-order valence-corrected chi connectivity index (χ2v) is 16.2. The number of aliphatic hydroxyl groups excluding tert-OH is 1. The van der Waals surface area contributed by atoms with Crippen LogP contribution in [0.15, 0.2) is 103 Å². The van der Waals surface area contributed by atoms with Crippen molar-refractivity contribution in [2.75, 3.05) is 6.61 Å². The Hall–Kier alpha value is -3.85. The maximum absolute atomic E-state index is 11.3. The summed E-state index contributed by atoms with van der Waals surface area (Å²) in [5.41, 5.74) is 1.04. The molecule has 1 fully saturated rings. The lowest BCUT2D eigenvalue weighted by Crippen LogP contribution is -2.62. The van der Waals surface area contributed by atoms with Gasteiger partial charge in [0.15, 0.2) is 18.1 Å². The zero-order valence-corrected chi connectivity index (χ0v) is 28.6. The molecule has 5 atom stereocenters. The van der Waals surface area contributed by atoms with Crippen molar-refractivity contribution in [2.45, 2.75) is 89.3 Å². The molecule has 47 heavy (non-hydrogen) atoms. The van der Waals surface area contributed by atoms with E-state index >= 15 is 0 Å². The summed E-state index contributed by atoms with van der Waals surface area (Å²) in [6, 6.07) is 27.4. The first kappa shape index (κ1) is 34.5. The van der Waals surface area contributed by atoms with E-state index in [1.54, 1.807) is 12.1 Å². The van der Waals surface area contributed by atoms with Gasteiger partial charge in [0.1, 0.15) is 12.2 Å². The van der Waals surface area contributed by atoms with Gasteiger partial charge in [-0.15, -0.1) is 0 Å². The number of hydrogen-bond acceptors (Lipinski definition) is 6. The molecule has 8 heteroatoms. The van der Waals surface area contributed by atoms with Crippen LogP contribution in [0.5, 0.6) is 17.2 Å². The van der Waals surface area contributed by atoms with E-state index in [0.717, 1.165) is 43.7 Å². The molecule has 1 aliphatic heterocycles. The molecule has 0 spiro atoms. The van der Waals surface area contributed by atoms with Crippen LogP contribution in [0.25, 0.3) is 0 Å². The fourth-order valence-electron chi connectivity index (χ4n) is 6.76. The lowest BCUT2D eigenvalue weighted by molar-refractivity contribution is -0.139. The number of benzene rings is 3. The van der Waals surface area contributed by atoms with Crippen LogP contribution in [-0.4, -0.2) is 55.5 Å². The molecule has 0 radical (unpaired) electrons. The summed E-state index contributed by atoms with van der Waals surface area (Å²) in [7, 11) is -2.76. The van der Waals surface area contributed by atoms with E-state index in [4.69, 9.17) is 18.6 Å². The van der Waals surface area contributed by atoms with Crippen molar-refractivity contribution >= 4 is 24.7 Å². The highest BCUT2D eigenvalue weighted by atomic mass is 28.4. The molecule has 7 nitrogen and oxygen atoms in total. The normalized spacial score (nSPS) is 20.9. The van der Waals surface area contributed by atoms with E-state index in [2.05, 4.69) is 75.0 Å². The Kier molecular flexibility index (Phi) is 12.0. The van der Waals surface area contributed by atoms with Crippen molar-refractivity contribution in [3.63, 3.8) is 0 Å². The molecule has 1 aliphatic carbocycles. The highest BCUT2D eigenvalue weighted by Crippen LogP contribution is 2.48. The molecule has 250 valence electrons. The molecule has 0 saturated heterocycles. The lowest BCUT2D eigenvalue weighted by atomic mass is 9.99. The second kappa shape index (κ2) is 16.3. The molecule has 2 N–H and O–H groups in total. The Balaban J connectivity index is 1.51. The van der Waals surface area contributed by atoms with Crippen molar-refractivity contribution in [3.8, 4) is 17.2 Å². The highest BCUT2D eigenvalue weighted by Gasteiger charge is 2.52. The number of carboxylic acid groups (broad SMARTS) is 1. The number of para-hydroxylation sites is 1. The summed E-state index contributed by atoms with van der Waals surface area (Å²) in [4.78, 5) is 11.3. The predicted molar refractivity (Wildman–Crippen MR) is 187 cm³/mol. The molecular weight excluding hydrogens is 609 g/mol. The number of unbranched alkanes of at least 4 members (excludes halogenated alkanes) is 2. The van der Waals surface area contributed by atoms with Crippen molar-refractivity contribution in [3.05, 3.63) is 103 Å². The molecule has 2 aliphatic rings. The third-order valence-corrected chi connectivity index (χ3v) is 13.4. The first-order chi connectivity index (χ1) is 22.8. The van der Waals surface area contributed by atoms with Crippen LogP contribution in [0, 0.1) is 5.92 Å². The first-order valence-corrected chi connectivity index (χ1v) is 19.1. The second-order valence-electron chi connectivity index (χ2n) is 12.6. The fraction of sp³-hybridized carbons (Fsp3) is 0.410. The van der Waals surface area contributed by atoms with Crippen LogP contribution >= 0.6 is 0 Å². The van der Waals surface area contributed by atoms with Crippen LogP contribution < -0.4 is 24.6 Å². The van der Waals surface area contributed by atoms with Gasteiger partial charge < -0.3 is 28.8 Å². The Morgan fingerprint density at radius 1 is 0.979 bits per heavy atom. The quantitative estimate of drug-likeness (QED) is 0.124. The maximum Gasteiger partial charge on any atom is 0.341 e. The zero-order valence-electron chi connectivity index (χ0n) is 27.6. The van der Waals surface area contributed by atoms with E-state index in [-0.39, 0.29) is 24.2 Å². The number of ether oxygens (including phenoxy) is 3. The standard InChI is InChI=1S/C39H48O7Si/c1-4-6-15-28(3)25-29(40)22-23-32-35(26-36-38(32)44-34-21-14-20-33(39(34)45-36)43-27-37(41)42)46-47(24-7-5-2,30-16-10-8-11-17-30)31-18-12-9-13-19-31/h8-14,16-23,29,32,35-36,38,40H,3-7,15,24-27H2,1-2H3,(H,41,42)/t29-,32-,35+,36-,38+/m0/s1. The maximum atomic E-state index is 11.3. The van der Waals surface area contributed by atoms with Gasteiger partial charge in [-0.2, -0.15) is 0 Å². The van der Waals surface area contributed by atoms with Gasteiger partial charge in [0.2, 0.25) is 5.75 Å². The summed E-state index contributed by atoms with van der Waals surface area (Å²) >= 11 is 0. The van der Waals surface area contributed by atoms with Crippen molar-refractivity contribution in [1.29, 1.82) is 0 Å². The average molecular weight is 657 g/mol. The van der Waals surface area contributed by atoms with Gasteiger partial charge in [-0.1, -0.05) is 124 Å². The van der Waals surface area contributed by atoms with Gasteiger partial charge in [-0.25, -0.2) is 4.79 Å². The Labute approximate surface area is 280 Å². The molecule has 3 aromatic rings. The zero-order chi connectivity index (χ0) is 33.2. The number of carboxylic acids is 1. The minimum absolute atomic E-state index is 0.212. The largest absolute Gasteiger partial charge is 0.482 e. The minimum Gasteiger partial charge on any atom is -0.482 e. The van der Waals surface area contributed by atoms with Crippen molar-refractivity contribution in [1.82, 2.24) is 0 Å². The molecule has 0 aromatic heterocycles. The molecule has 0 unspecified atom stereocenters. The van der Waals surface area contributed by atoms with Gasteiger partial charge in [0.05, 0.1) is 12.2 Å². The number of aliphatic hydroxyl groups is 1. The van der Waals surface area contributed by atoms with Gasteiger partial charge in [-0.05, 0) is 47.8 Å². The monoisotopic (exact) mass is 656 g/mol. The van der Waals surface area contributed by atoms with E-state index in [0.29, 0.717) is 30.1 Å². The number of carbonyl (C=O) groups is 1. The third-order valence-electron chi connectivity index (χ3n) is 9.12. The minimum atomic E-state index is -2.76. The van der Waals surface area contributed by atoms with Crippen LogP contribution in [0.4, 0.5) is 0 Å². The van der Waals surface area contributed by atoms with Gasteiger partial charge in [0.25, 0.3) is 8.32 Å². The van der Waals surface area contributed by atoms with Crippen LogP contribution in [0.1, 0.15) is 58.8 Å². The molecule has 5 rings (SSSR count). The van der Waals surface area contributed by atoms with E-state index < -0.39 is 27.0 Å². The Bertz CT molecular complexity index is 1450. The Morgan fingerprint density at radius 2 is 1.66 bits per heavy atom. The van der Waals surface area contributed by atoms with E-state index in [9.17, 15) is 15.0 Å². The summed E-state index contributed by atoms with van der Waals surface area (Å²) < 4.78 is 26.4. The van der Waals surface area contributed by atoms with E-state index in [1.807, 2.05) is 24.3 Å². The van der Waals surface area contributed by atoms with Crippen LogP contribution in [0.3, 0.4) is 0 Å². The number of hydrogen-bond donors (Lipinski definition) is 2. The Morgan fingerprint density at radius 3 is 2.30 bits per heavy atom. The van der Waals surface area contributed by atoms with Crippen LogP contribution in [0.2, 0.25) is 6.04 Å². The molecule has 3 aromatic carbocycles. The van der Waals surface area contributed by atoms with Gasteiger partial charge in [-0.3, -0.25) is 0 Å². The van der Waals surface area contributed by atoms with Crippen LogP contribution in [-0.2, 0) is 9.22 Å². The summed E-state index contributed by atoms with van der Waals surface area (Å²) in [5.74, 6) is -0.0336. The summed E-state index contributed by atoms with van der Waals surface area (Å²) in [6.07, 6.45) is 8.44. The molecule has 1 heterocycles. The molecule has 0 bridgehead atoms. The van der Waals surface area contributed by atoms with Gasteiger partial charge in [0, 0.05) is 12.3 Å². The van der Waals surface area contributed by atoms with Crippen molar-refractivity contribution < 1.29 is 33.6 Å². The molecule has 1 saturated carbocycles. The molecule has 0 amide bonds. The highest BCUT2D eigenvalue weighted by molar-refractivity contribution is 6.97. The first-order valence-electron chi connectivity index (χ1n) is 17.0. The smallest absolute Gasteiger partial charge is 0.341 e. The lowest BCUT2D eigenvalue weighted by Gasteiger charge is -2.37. The number of rotatable bonds is 17. The third kappa shape index (κ3) is 8.36. The van der Waals surface area contributed by atoms with Gasteiger partial charge >= 0.3 is 5.97 Å².